The molecule has 82 valence electrons. The molecular weight excluding hydrogens is 209 g/mol. The van der Waals surface area contributed by atoms with Crippen molar-refractivity contribution < 1.29 is 18.0 Å². The van der Waals surface area contributed by atoms with Crippen LogP contribution in [0.5, 0.6) is 0 Å². The lowest BCUT2D eigenvalue weighted by molar-refractivity contribution is -0.138. The van der Waals surface area contributed by atoms with Gasteiger partial charge in [0.1, 0.15) is 12.9 Å². The summed E-state index contributed by atoms with van der Waals surface area (Å²) < 4.78 is 37.8. The molecule has 0 bridgehead atoms. The highest BCUT2D eigenvalue weighted by Crippen LogP contribution is 2.34. The van der Waals surface area contributed by atoms with E-state index in [-0.39, 0.29) is 12.3 Å². The number of hydroxylamine groups is 1. The van der Waals surface area contributed by atoms with E-state index < -0.39 is 17.9 Å². The van der Waals surface area contributed by atoms with Gasteiger partial charge in [0.05, 0.1) is 5.56 Å². The van der Waals surface area contributed by atoms with E-state index in [0.717, 1.165) is 6.07 Å². The molecule has 1 aliphatic heterocycles. The van der Waals surface area contributed by atoms with Crippen molar-refractivity contribution in [3.8, 4) is 0 Å². The zero-order valence-electron chi connectivity index (χ0n) is 7.64. The topological polar surface area (TPSA) is 33.3 Å². The van der Waals surface area contributed by atoms with Crippen molar-refractivity contribution in [1.29, 1.82) is 0 Å². The minimum Gasteiger partial charge on any atom is -0.284 e. The number of halogens is 3. The van der Waals surface area contributed by atoms with Gasteiger partial charge < -0.3 is 0 Å². The van der Waals surface area contributed by atoms with Crippen molar-refractivity contribution in [2.24, 2.45) is 0 Å². The second kappa shape index (κ2) is 3.80. The quantitative estimate of drug-likeness (QED) is 0.753. The first-order valence-corrected chi connectivity index (χ1v) is 4.36. The van der Waals surface area contributed by atoms with Crippen LogP contribution in [-0.4, -0.2) is 6.73 Å². The van der Waals surface area contributed by atoms with Crippen LogP contribution < -0.4 is 10.8 Å². The van der Waals surface area contributed by atoms with E-state index in [0.29, 0.717) is 0 Å². The van der Waals surface area contributed by atoms with Gasteiger partial charge in [-0.15, -0.1) is 0 Å². The molecule has 0 aromatic heterocycles. The van der Waals surface area contributed by atoms with Crippen LogP contribution in [0.3, 0.4) is 0 Å². The van der Waals surface area contributed by atoms with Crippen molar-refractivity contribution in [2.75, 3.05) is 6.73 Å². The summed E-state index contributed by atoms with van der Waals surface area (Å²) in [5.74, 6) is 0. The lowest BCUT2D eigenvalue weighted by Crippen LogP contribution is -2.24. The molecule has 0 radical (unpaired) electrons. The van der Waals surface area contributed by atoms with Crippen molar-refractivity contribution in [2.45, 2.75) is 12.3 Å². The first-order valence-electron chi connectivity index (χ1n) is 4.36. The van der Waals surface area contributed by atoms with Crippen LogP contribution >= 0.6 is 0 Å². The molecule has 1 saturated heterocycles. The molecule has 0 aliphatic carbocycles. The second-order valence-corrected chi connectivity index (χ2v) is 3.13. The van der Waals surface area contributed by atoms with Gasteiger partial charge in [-0.2, -0.15) is 18.7 Å². The lowest BCUT2D eigenvalue weighted by atomic mass is 10.1. The summed E-state index contributed by atoms with van der Waals surface area (Å²) in [6.07, 6.45) is -4.95. The van der Waals surface area contributed by atoms with Crippen molar-refractivity contribution >= 4 is 0 Å². The number of benzene rings is 1. The minimum absolute atomic E-state index is 0.141. The molecule has 1 aromatic rings. The van der Waals surface area contributed by atoms with Crippen LogP contribution in [0.25, 0.3) is 0 Å². The molecule has 0 amide bonds. The fourth-order valence-electron chi connectivity index (χ4n) is 1.47. The standard InChI is InChI=1S/C9H9F3N2O/c10-9(11,12)7-4-2-1-3-6(7)8-13-5-15-14-8/h1-4,8,13-14H,5H2. The summed E-state index contributed by atoms with van der Waals surface area (Å²) in [7, 11) is 0. The Morgan fingerprint density at radius 2 is 2.00 bits per heavy atom. The smallest absolute Gasteiger partial charge is 0.284 e. The van der Waals surface area contributed by atoms with Gasteiger partial charge in [0.15, 0.2) is 0 Å². The minimum atomic E-state index is -4.34. The Labute approximate surface area is 84.2 Å². The zero-order valence-corrected chi connectivity index (χ0v) is 7.64. The molecule has 15 heavy (non-hydrogen) atoms. The third kappa shape index (κ3) is 2.11. The molecule has 0 spiro atoms. The first-order chi connectivity index (χ1) is 7.09. The molecular formula is C9H9F3N2O. The highest BCUT2D eigenvalue weighted by atomic mass is 19.4. The third-order valence-corrected chi connectivity index (χ3v) is 2.14. The number of hydrogen-bond donors (Lipinski definition) is 2. The molecule has 1 unspecified atom stereocenters. The molecule has 1 heterocycles. The van der Waals surface area contributed by atoms with E-state index in [4.69, 9.17) is 4.84 Å². The van der Waals surface area contributed by atoms with E-state index >= 15 is 0 Å². The molecule has 0 saturated carbocycles. The van der Waals surface area contributed by atoms with Crippen molar-refractivity contribution in [1.82, 2.24) is 10.8 Å². The van der Waals surface area contributed by atoms with Gasteiger partial charge in [-0.05, 0) is 11.6 Å². The highest BCUT2D eigenvalue weighted by Gasteiger charge is 2.35. The Kier molecular flexibility index (Phi) is 2.64. The van der Waals surface area contributed by atoms with E-state index in [1.807, 2.05) is 0 Å². The van der Waals surface area contributed by atoms with E-state index in [1.54, 1.807) is 6.07 Å². The molecule has 3 nitrogen and oxygen atoms in total. The van der Waals surface area contributed by atoms with Gasteiger partial charge in [-0.3, -0.25) is 10.2 Å². The average Bonchev–Trinajstić information content (AvgIpc) is 2.69. The molecule has 1 fully saturated rings. The molecule has 1 aromatic carbocycles. The van der Waals surface area contributed by atoms with Gasteiger partial charge in [0.25, 0.3) is 0 Å². The second-order valence-electron chi connectivity index (χ2n) is 3.13. The van der Waals surface area contributed by atoms with Crippen molar-refractivity contribution in [3.05, 3.63) is 35.4 Å². The lowest BCUT2D eigenvalue weighted by Gasteiger charge is -2.16. The average molecular weight is 218 g/mol. The number of hydrogen-bond acceptors (Lipinski definition) is 3. The first kappa shape index (κ1) is 10.4. The molecule has 2 rings (SSSR count). The fraction of sp³-hybridized carbons (Fsp3) is 0.333. The summed E-state index contributed by atoms with van der Waals surface area (Å²) in [4.78, 5) is 4.75. The van der Waals surface area contributed by atoms with E-state index in [1.165, 1.54) is 12.1 Å². The molecule has 2 N–H and O–H groups in total. The van der Waals surface area contributed by atoms with Crippen LogP contribution in [0.15, 0.2) is 24.3 Å². The number of alkyl halides is 3. The number of nitrogens with one attached hydrogen (secondary N) is 2. The predicted octanol–water partition coefficient (Wildman–Crippen LogP) is 1.79. The Bertz CT molecular complexity index is 347. The Morgan fingerprint density at radius 3 is 2.60 bits per heavy atom. The SMILES string of the molecule is FC(F)(F)c1ccccc1C1NCON1. The predicted molar refractivity (Wildman–Crippen MR) is 46.4 cm³/mol. The summed E-state index contributed by atoms with van der Waals surface area (Å²) in [5, 5.41) is 2.75. The summed E-state index contributed by atoms with van der Waals surface area (Å²) in [6, 6.07) is 5.40. The third-order valence-electron chi connectivity index (χ3n) is 2.14. The maximum atomic E-state index is 12.6. The summed E-state index contributed by atoms with van der Waals surface area (Å²) in [5.41, 5.74) is 1.96. The Hall–Kier alpha value is -1.11. The van der Waals surface area contributed by atoms with Gasteiger partial charge >= 0.3 is 6.18 Å². The molecule has 1 atom stereocenters. The Balaban J connectivity index is 2.37. The van der Waals surface area contributed by atoms with Gasteiger partial charge in [0, 0.05) is 0 Å². The van der Waals surface area contributed by atoms with Crippen LogP contribution in [-0.2, 0) is 11.0 Å². The maximum absolute atomic E-state index is 12.6. The van der Waals surface area contributed by atoms with E-state index in [2.05, 4.69) is 10.8 Å². The summed E-state index contributed by atoms with van der Waals surface area (Å²) in [6.45, 7) is 0.191. The normalized spacial score (nSPS) is 21.9. The largest absolute Gasteiger partial charge is 0.416 e. The van der Waals surface area contributed by atoms with Gasteiger partial charge in [0.2, 0.25) is 0 Å². The van der Waals surface area contributed by atoms with Crippen LogP contribution in [0.1, 0.15) is 17.3 Å². The maximum Gasteiger partial charge on any atom is 0.416 e. The highest BCUT2D eigenvalue weighted by molar-refractivity contribution is 5.32. The molecule has 1 aliphatic rings. The van der Waals surface area contributed by atoms with Crippen molar-refractivity contribution in [3.63, 3.8) is 0 Å². The van der Waals surface area contributed by atoms with Crippen LogP contribution in [0, 0.1) is 0 Å². The van der Waals surface area contributed by atoms with Crippen LogP contribution in [0.2, 0.25) is 0 Å². The molecule has 6 heteroatoms. The van der Waals surface area contributed by atoms with Crippen LogP contribution in [0.4, 0.5) is 13.2 Å². The monoisotopic (exact) mass is 218 g/mol. The Morgan fingerprint density at radius 1 is 1.27 bits per heavy atom. The van der Waals surface area contributed by atoms with Gasteiger partial charge in [-0.1, -0.05) is 18.2 Å². The number of rotatable bonds is 1. The van der Waals surface area contributed by atoms with E-state index in [9.17, 15) is 13.2 Å². The zero-order chi connectivity index (χ0) is 10.9. The van der Waals surface area contributed by atoms with Gasteiger partial charge in [-0.25, -0.2) is 0 Å². The fourth-order valence-corrected chi connectivity index (χ4v) is 1.47. The summed E-state index contributed by atoms with van der Waals surface area (Å²) >= 11 is 0.